The number of carbonyl (C=O) groups excluding carboxylic acids is 2. The van der Waals surface area contributed by atoms with E-state index in [0.29, 0.717) is 18.8 Å². The molecule has 0 aliphatic carbocycles. The molecule has 17 heavy (non-hydrogen) atoms. The van der Waals surface area contributed by atoms with Gasteiger partial charge in [0.25, 0.3) is 0 Å². The van der Waals surface area contributed by atoms with Crippen LogP contribution in [0.2, 0.25) is 0 Å². The van der Waals surface area contributed by atoms with Gasteiger partial charge in [-0.05, 0) is 32.0 Å². The molecule has 0 aromatic rings. The molecule has 0 heterocycles. The first-order valence-electron chi connectivity index (χ1n) is 5.76. The number of carbonyl (C=O) groups is 2. The highest BCUT2D eigenvalue weighted by Crippen LogP contribution is 2.14. The summed E-state index contributed by atoms with van der Waals surface area (Å²) in [4.78, 5) is 22.3. The third kappa shape index (κ3) is 8.85. The Morgan fingerprint density at radius 3 is 2.29 bits per heavy atom. The fourth-order valence-electron chi connectivity index (χ4n) is 1.11. The van der Waals surface area contributed by atoms with Crippen LogP contribution < -0.4 is 0 Å². The zero-order chi connectivity index (χ0) is 13.1. The molecule has 0 saturated carbocycles. The van der Waals surface area contributed by atoms with Crippen molar-refractivity contribution in [3.63, 3.8) is 0 Å². The van der Waals surface area contributed by atoms with Crippen molar-refractivity contribution in [3.05, 3.63) is 0 Å². The van der Waals surface area contributed by atoms with Crippen molar-refractivity contribution >= 4 is 23.2 Å². The summed E-state index contributed by atoms with van der Waals surface area (Å²) in [6, 6.07) is 0. The van der Waals surface area contributed by atoms with Crippen LogP contribution in [-0.4, -0.2) is 36.5 Å². The van der Waals surface area contributed by atoms with Gasteiger partial charge in [0, 0.05) is 5.75 Å². The van der Waals surface area contributed by atoms with Crippen LogP contribution in [0.15, 0.2) is 0 Å². The Kier molecular flexibility index (Phi) is 9.71. The van der Waals surface area contributed by atoms with Gasteiger partial charge in [-0.25, -0.2) is 9.59 Å². The second-order valence-corrected chi connectivity index (χ2v) is 4.16. The summed E-state index contributed by atoms with van der Waals surface area (Å²) < 4.78 is 14.5. The van der Waals surface area contributed by atoms with Crippen LogP contribution in [0.25, 0.3) is 0 Å². The van der Waals surface area contributed by atoms with Crippen LogP contribution in [-0.2, 0) is 14.2 Å². The highest BCUT2D eigenvalue weighted by molar-refractivity contribution is 8.13. The maximum atomic E-state index is 11.1. The number of ether oxygens (including phenoxy) is 3. The van der Waals surface area contributed by atoms with Gasteiger partial charge in [-0.2, -0.15) is 0 Å². The van der Waals surface area contributed by atoms with Gasteiger partial charge in [0.15, 0.2) is 0 Å². The molecule has 100 valence electrons. The van der Waals surface area contributed by atoms with Gasteiger partial charge in [-0.1, -0.05) is 13.3 Å². The summed E-state index contributed by atoms with van der Waals surface area (Å²) in [6.45, 7) is 6.07. The molecule has 0 aliphatic heterocycles. The summed E-state index contributed by atoms with van der Waals surface area (Å²) >= 11 is 1.02. The third-order valence-electron chi connectivity index (χ3n) is 1.78. The molecule has 5 nitrogen and oxygen atoms in total. The van der Waals surface area contributed by atoms with Crippen LogP contribution in [0.3, 0.4) is 0 Å². The minimum Gasteiger partial charge on any atom is -0.458 e. The Bertz CT molecular complexity index is 232. The van der Waals surface area contributed by atoms with Crippen LogP contribution in [0.4, 0.5) is 9.59 Å². The van der Waals surface area contributed by atoms with Crippen molar-refractivity contribution < 1.29 is 23.8 Å². The van der Waals surface area contributed by atoms with Crippen LogP contribution >= 0.6 is 11.8 Å². The topological polar surface area (TPSA) is 61.8 Å². The van der Waals surface area contributed by atoms with E-state index in [-0.39, 0.29) is 18.0 Å². The number of hydrogen-bond acceptors (Lipinski definition) is 6. The zero-order valence-electron chi connectivity index (χ0n) is 10.6. The largest absolute Gasteiger partial charge is 0.508 e. The van der Waals surface area contributed by atoms with E-state index in [4.69, 9.17) is 9.47 Å². The SMILES string of the molecule is CCCC(CSC(=O)OCC)OC(=O)OCC. The van der Waals surface area contributed by atoms with E-state index in [1.807, 2.05) is 6.92 Å². The molecule has 0 amide bonds. The highest BCUT2D eigenvalue weighted by atomic mass is 32.2. The molecule has 0 radical (unpaired) electrons. The molecule has 1 atom stereocenters. The van der Waals surface area contributed by atoms with Crippen molar-refractivity contribution in [1.29, 1.82) is 0 Å². The first kappa shape index (κ1) is 16.1. The lowest BCUT2D eigenvalue weighted by molar-refractivity contribution is 0.0309. The van der Waals surface area contributed by atoms with E-state index in [2.05, 4.69) is 4.74 Å². The predicted molar refractivity (Wildman–Crippen MR) is 66.3 cm³/mol. The Morgan fingerprint density at radius 2 is 1.76 bits per heavy atom. The monoisotopic (exact) mass is 264 g/mol. The molecule has 0 saturated heterocycles. The van der Waals surface area contributed by atoms with Crippen molar-refractivity contribution in [2.45, 2.75) is 39.7 Å². The van der Waals surface area contributed by atoms with Gasteiger partial charge in [0.05, 0.1) is 13.2 Å². The number of thioether (sulfide) groups is 1. The zero-order valence-corrected chi connectivity index (χ0v) is 11.4. The molecule has 1 unspecified atom stereocenters. The molecule has 0 fully saturated rings. The average molecular weight is 264 g/mol. The molecule has 0 aliphatic rings. The van der Waals surface area contributed by atoms with Gasteiger partial charge < -0.3 is 14.2 Å². The Labute approximate surface area is 106 Å². The van der Waals surface area contributed by atoms with Crippen LogP contribution in [0, 0.1) is 0 Å². The first-order chi connectivity index (χ1) is 8.13. The van der Waals surface area contributed by atoms with Crippen LogP contribution in [0.1, 0.15) is 33.6 Å². The molecular weight excluding hydrogens is 244 g/mol. The van der Waals surface area contributed by atoms with Gasteiger partial charge in [-0.15, -0.1) is 0 Å². The number of hydrogen-bond donors (Lipinski definition) is 0. The van der Waals surface area contributed by atoms with E-state index in [0.717, 1.165) is 18.2 Å². The first-order valence-corrected chi connectivity index (χ1v) is 6.75. The third-order valence-corrected chi connectivity index (χ3v) is 2.68. The van der Waals surface area contributed by atoms with E-state index in [1.165, 1.54) is 0 Å². The maximum absolute atomic E-state index is 11.1. The maximum Gasteiger partial charge on any atom is 0.508 e. The summed E-state index contributed by atoms with van der Waals surface area (Å²) in [6.07, 6.45) is 0.572. The average Bonchev–Trinajstić information content (AvgIpc) is 2.27. The number of rotatable bonds is 7. The second-order valence-electron chi connectivity index (χ2n) is 3.21. The highest BCUT2D eigenvalue weighted by Gasteiger charge is 2.17. The summed E-state index contributed by atoms with van der Waals surface area (Å²) in [5.41, 5.74) is 0. The molecule has 0 aromatic heterocycles. The van der Waals surface area contributed by atoms with Gasteiger partial charge in [0.2, 0.25) is 0 Å². The van der Waals surface area contributed by atoms with Gasteiger partial charge in [-0.3, -0.25) is 0 Å². The molecular formula is C11H20O5S. The molecule has 0 aromatic carbocycles. The molecule has 6 heteroatoms. The quantitative estimate of drug-likeness (QED) is 0.658. The summed E-state index contributed by atoms with van der Waals surface area (Å²) in [5, 5.41) is -0.346. The van der Waals surface area contributed by atoms with Crippen molar-refractivity contribution in [1.82, 2.24) is 0 Å². The minimum absolute atomic E-state index is 0.280. The lowest BCUT2D eigenvalue weighted by Crippen LogP contribution is -2.22. The Hall–Kier alpha value is -0.910. The van der Waals surface area contributed by atoms with E-state index in [1.54, 1.807) is 13.8 Å². The normalized spacial score (nSPS) is 11.7. The molecule has 0 rings (SSSR count). The smallest absolute Gasteiger partial charge is 0.458 e. The van der Waals surface area contributed by atoms with Gasteiger partial charge >= 0.3 is 11.5 Å². The van der Waals surface area contributed by atoms with Crippen molar-refractivity contribution in [2.75, 3.05) is 19.0 Å². The van der Waals surface area contributed by atoms with Crippen LogP contribution in [0.5, 0.6) is 0 Å². The van der Waals surface area contributed by atoms with Crippen molar-refractivity contribution in [2.24, 2.45) is 0 Å². The van der Waals surface area contributed by atoms with Gasteiger partial charge in [0.1, 0.15) is 6.10 Å². The van der Waals surface area contributed by atoms with E-state index >= 15 is 0 Å². The fourth-order valence-corrected chi connectivity index (χ4v) is 1.86. The van der Waals surface area contributed by atoms with Crippen molar-refractivity contribution in [3.8, 4) is 0 Å². The lowest BCUT2D eigenvalue weighted by Gasteiger charge is -2.15. The molecule has 0 bridgehead atoms. The fraction of sp³-hybridized carbons (Fsp3) is 0.818. The summed E-state index contributed by atoms with van der Waals surface area (Å²) in [5.74, 6) is 0.394. The van der Waals surface area contributed by atoms with E-state index in [9.17, 15) is 9.59 Å². The molecule has 0 spiro atoms. The second kappa shape index (κ2) is 10.3. The molecule has 0 N–H and O–H groups in total. The standard InChI is InChI=1S/C11H20O5S/c1-4-7-9(16-10(12)14-5-2)8-17-11(13)15-6-3/h9H,4-8H2,1-3H3. The predicted octanol–water partition coefficient (Wildman–Crippen LogP) is 3.22. The summed E-state index contributed by atoms with van der Waals surface area (Å²) in [7, 11) is 0. The lowest BCUT2D eigenvalue weighted by atomic mass is 10.2. The Morgan fingerprint density at radius 1 is 1.12 bits per heavy atom. The Balaban J connectivity index is 3.96. The minimum atomic E-state index is -0.685. The van der Waals surface area contributed by atoms with E-state index < -0.39 is 6.16 Å².